The minimum atomic E-state index is -0.128. The molecule has 2 N–H and O–H groups in total. The van der Waals surface area contributed by atoms with Crippen LogP contribution in [0.5, 0.6) is 11.5 Å². The van der Waals surface area contributed by atoms with E-state index in [2.05, 4.69) is 0 Å². The van der Waals surface area contributed by atoms with Crippen LogP contribution in [-0.4, -0.2) is 50.3 Å². The quantitative estimate of drug-likeness (QED) is 0.427. The fourth-order valence-corrected chi connectivity index (χ4v) is 2.88. The van der Waals surface area contributed by atoms with Crippen LogP contribution in [0, 0.1) is 0 Å². The summed E-state index contributed by atoms with van der Waals surface area (Å²) in [5.41, 5.74) is 1.33. The van der Waals surface area contributed by atoms with Crippen LogP contribution < -0.4 is 22.0 Å². The third-order valence-electron chi connectivity index (χ3n) is 4.32. The Morgan fingerprint density at radius 3 is 2.62 bits per heavy atom. The highest BCUT2D eigenvalue weighted by molar-refractivity contribution is 5.97. The first-order valence-corrected chi connectivity index (χ1v) is 8.52. The lowest BCUT2D eigenvalue weighted by Crippen LogP contribution is -3.14. The third kappa shape index (κ3) is 5.96. The second kappa shape index (κ2) is 10.5. The maximum Gasteiger partial charge on any atom is 0.163 e. The number of aromatic hydroxyl groups is 1. The summed E-state index contributed by atoms with van der Waals surface area (Å²) >= 11 is 0. The Bertz CT molecular complexity index is 530. The lowest BCUT2D eigenvalue weighted by molar-refractivity contribution is -0.908. The number of benzene rings is 1. The number of unbranched alkanes of at least 4 members (excludes halogenated alkanes) is 1. The molecule has 0 aliphatic carbocycles. The van der Waals surface area contributed by atoms with Gasteiger partial charge in [0.2, 0.25) is 0 Å². The zero-order valence-electron chi connectivity index (χ0n) is 14.6. The monoisotopic (exact) mass is 357 g/mol. The molecule has 1 heterocycles. The molecule has 2 rings (SSSR count). The molecule has 1 aromatic rings. The zero-order valence-corrected chi connectivity index (χ0v) is 15.3. The van der Waals surface area contributed by atoms with Crippen molar-refractivity contribution >= 4 is 5.78 Å². The number of carbonyl (C=O) groups excluding carboxylic acids is 1. The van der Waals surface area contributed by atoms with Crippen molar-refractivity contribution in [3.8, 4) is 11.5 Å². The van der Waals surface area contributed by atoms with E-state index in [1.54, 1.807) is 17.0 Å². The molecular formula is C18H28ClNO4. The van der Waals surface area contributed by atoms with E-state index < -0.39 is 0 Å². The molecular weight excluding hydrogens is 330 g/mol. The highest BCUT2D eigenvalue weighted by atomic mass is 35.5. The number of ketones is 1. The molecule has 1 fully saturated rings. The van der Waals surface area contributed by atoms with Crippen LogP contribution in [0.3, 0.4) is 0 Å². The second-order valence-corrected chi connectivity index (χ2v) is 6.05. The number of nitrogens with one attached hydrogen (secondary N) is 1. The summed E-state index contributed by atoms with van der Waals surface area (Å²) in [5, 5.41) is 9.94. The van der Waals surface area contributed by atoms with Crippen LogP contribution in [-0.2, 0) is 11.2 Å². The summed E-state index contributed by atoms with van der Waals surface area (Å²) < 4.78 is 11.2. The van der Waals surface area contributed by atoms with Crippen molar-refractivity contribution in [2.75, 3.05) is 39.5 Å². The Labute approximate surface area is 150 Å². The molecule has 1 saturated heterocycles. The Morgan fingerprint density at radius 2 is 2.00 bits per heavy atom. The van der Waals surface area contributed by atoms with E-state index >= 15 is 0 Å². The Kier molecular flexibility index (Phi) is 9.11. The van der Waals surface area contributed by atoms with Gasteiger partial charge in [-0.2, -0.15) is 0 Å². The van der Waals surface area contributed by atoms with Crippen LogP contribution in [0.4, 0.5) is 0 Å². The van der Waals surface area contributed by atoms with E-state index in [1.165, 1.54) is 6.92 Å². The highest BCUT2D eigenvalue weighted by Gasteiger charge is 2.14. The highest BCUT2D eigenvalue weighted by Crippen LogP contribution is 2.29. The SMILES string of the molecule is CCc1cc(C(C)=O)c(O)cc1OCCCC[NH+]1CCOCC1.[Cl-]. The number of hydrogen-bond acceptors (Lipinski definition) is 4. The topological polar surface area (TPSA) is 60.2 Å². The van der Waals surface area contributed by atoms with E-state index in [9.17, 15) is 9.90 Å². The van der Waals surface area contributed by atoms with Crippen molar-refractivity contribution < 1.29 is 36.7 Å². The third-order valence-corrected chi connectivity index (χ3v) is 4.32. The Morgan fingerprint density at radius 1 is 1.29 bits per heavy atom. The van der Waals surface area contributed by atoms with Crippen LogP contribution in [0.15, 0.2) is 12.1 Å². The van der Waals surface area contributed by atoms with Crippen LogP contribution >= 0.6 is 0 Å². The Balaban J connectivity index is 0.00000288. The summed E-state index contributed by atoms with van der Waals surface area (Å²) in [5.74, 6) is 0.563. The minimum Gasteiger partial charge on any atom is -1.00 e. The van der Waals surface area contributed by atoms with Gasteiger partial charge in [0.1, 0.15) is 24.6 Å². The second-order valence-electron chi connectivity index (χ2n) is 6.05. The molecule has 1 aliphatic rings. The predicted molar refractivity (Wildman–Crippen MR) is 88.6 cm³/mol. The van der Waals surface area contributed by atoms with Crippen molar-refractivity contribution in [1.29, 1.82) is 0 Å². The average Bonchev–Trinajstić information content (AvgIpc) is 2.55. The summed E-state index contributed by atoms with van der Waals surface area (Å²) in [4.78, 5) is 13.1. The zero-order chi connectivity index (χ0) is 16.7. The number of halogens is 1. The maximum atomic E-state index is 11.5. The van der Waals surface area contributed by atoms with E-state index in [0.29, 0.717) is 17.9 Å². The van der Waals surface area contributed by atoms with Gasteiger partial charge in [0.05, 0.1) is 31.9 Å². The maximum absolute atomic E-state index is 11.5. The van der Waals surface area contributed by atoms with Gasteiger partial charge in [0, 0.05) is 6.07 Å². The predicted octanol–water partition coefficient (Wildman–Crippen LogP) is -1.76. The van der Waals surface area contributed by atoms with E-state index in [0.717, 1.165) is 57.7 Å². The van der Waals surface area contributed by atoms with Gasteiger partial charge in [-0.05, 0) is 37.8 Å². The fraction of sp³-hybridized carbons (Fsp3) is 0.611. The smallest absolute Gasteiger partial charge is 0.163 e. The largest absolute Gasteiger partial charge is 1.00 e. The molecule has 0 atom stereocenters. The number of ether oxygens (including phenoxy) is 2. The van der Waals surface area contributed by atoms with E-state index in [4.69, 9.17) is 9.47 Å². The number of phenolic OH excluding ortho intramolecular Hbond substituents is 1. The number of rotatable bonds is 8. The van der Waals surface area contributed by atoms with Crippen molar-refractivity contribution in [3.63, 3.8) is 0 Å². The molecule has 0 radical (unpaired) electrons. The molecule has 0 spiro atoms. The summed E-state index contributed by atoms with van der Waals surface area (Å²) in [6.07, 6.45) is 2.88. The van der Waals surface area contributed by atoms with Crippen molar-refractivity contribution in [2.24, 2.45) is 0 Å². The van der Waals surface area contributed by atoms with Gasteiger partial charge in [-0.15, -0.1) is 0 Å². The number of aryl methyl sites for hydroxylation is 1. The summed E-state index contributed by atoms with van der Waals surface area (Å²) in [7, 11) is 0. The summed E-state index contributed by atoms with van der Waals surface area (Å²) in [6.45, 7) is 9.20. The molecule has 136 valence electrons. The van der Waals surface area contributed by atoms with Gasteiger partial charge < -0.3 is 31.9 Å². The molecule has 0 aromatic heterocycles. The summed E-state index contributed by atoms with van der Waals surface area (Å²) in [6, 6.07) is 3.31. The van der Waals surface area contributed by atoms with Crippen LogP contribution in [0.1, 0.15) is 42.6 Å². The molecule has 1 aromatic carbocycles. The average molecular weight is 358 g/mol. The van der Waals surface area contributed by atoms with Crippen LogP contribution in [0.2, 0.25) is 0 Å². The lowest BCUT2D eigenvalue weighted by Gasteiger charge is -2.23. The fourth-order valence-electron chi connectivity index (χ4n) is 2.88. The number of Topliss-reactive ketones (excluding diaryl/α,β-unsaturated/α-hetero) is 1. The molecule has 0 bridgehead atoms. The van der Waals surface area contributed by atoms with Gasteiger partial charge in [-0.25, -0.2) is 0 Å². The first kappa shape index (κ1) is 20.7. The standard InChI is InChI=1S/C18H27NO4.ClH/c1-3-15-12-16(14(2)20)17(21)13-18(15)23-9-5-4-6-19-7-10-22-11-8-19;/h12-13,21H,3-11H2,1-2H3;1H. The molecule has 24 heavy (non-hydrogen) atoms. The van der Waals surface area contributed by atoms with E-state index in [-0.39, 0.29) is 23.9 Å². The number of carbonyl (C=O) groups is 1. The van der Waals surface area contributed by atoms with Crippen LogP contribution in [0.25, 0.3) is 0 Å². The first-order valence-electron chi connectivity index (χ1n) is 8.52. The minimum absolute atomic E-state index is 0. The van der Waals surface area contributed by atoms with E-state index in [1.807, 2.05) is 6.92 Å². The van der Waals surface area contributed by atoms with Crippen molar-refractivity contribution in [3.05, 3.63) is 23.3 Å². The number of morpholine rings is 1. The van der Waals surface area contributed by atoms with Gasteiger partial charge in [0.25, 0.3) is 0 Å². The number of hydrogen-bond donors (Lipinski definition) is 2. The van der Waals surface area contributed by atoms with Gasteiger partial charge in [-0.3, -0.25) is 4.79 Å². The lowest BCUT2D eigenvalue weighted by atomic mass is 10.0. The molecule has 0 unspecified atom stereocenters. The van der Waals surface area contributed by atoms with Gasteiger partial charge in [0.15, 0.2) is 5.78 Å². The molecule has 6 heteroatoms. The van der Waals surface area contributed by atoms with Gasteiger partial charge in [-0.1, -0.05) is 6.92 Å². The molecule has 0 saturated carbocycles. The van der Waals surface area contributed by atoms with Gasteiger partial charge >= 0.3 is 0 Å². The van der Waals surface area contributed by atoms with Crippen molar-refractivity contribution in [1.82, 2.24) is 0 Å². The van der Waals surface area contributed by atoms with Crippen molar-refractivity contribution in [2.45, 2.75) is 33.1 Å². The number of quaternary nitrogens is 1. The Hall–Kier alpha value is -1.30. The first-order chi connectivity index (χ1) is 11.1. The molecule has 1 aliphatic heterocycles. The normalized spacial score (nSPS) is 14.9. The molecule has 5 nitrogen and oxygen atoms in total. The number of phenols is 1. The molecule has 0 amide bonds.